The molecule has 3 nitrogen and oxygen atoms in total. The van der Waals surface area contributed by atoms with Crippen LogP contribution in [-0.2, 0) is 0 Å². The first-order valence-electron chi connectivity index (χ1n) is 4.91. The maximum Gasteiger partial charge on any atom is 0.0377 e. The van der Waals surface area contributed by atoms with Gasteiger partial charge in [-0.1, -0.05) is 0 Å². The molecular formula is C9H19N3. The van der Waals surface area contributed by atoms with E-state index in [2.05, 4.69) is 29.2 Å². The van der Waals surface area contributed by atoms with Crippen LogP contribution in [-0.4, -0.2) is 62.2 Å². The van der Waals surface area contributed by atoms with Crippen molar-refractivity contribution in [3.05, 3.63) is 0 Å². The second-order valence-electron chi connectivity index (χ2n) is 4.05. The summed E-state index contributed by atoms with van der Waals surface area (Å²) in [6.45, 7) is 5.04. The van der Waals surface area contributed by atoms with Crippen molar-refractivity contribution < 1.29 is 0 Å². The number of piperazine rings is 1. The zero-order valence-corrected chi connectivity index (χ0v) is 8.08. The Morgan fingerprint density at radius 1 is 1.25 bits per heavy atom. The van der Waals surface area contributed by atoms with Gasteiger partial charge in [-0.15, -0.1) is 0 Å². The van der Waals surface area contributed by atoms with Crippen LogP contribution in [0.4, 0.5) is 0 Å². The smallest absolute Gasteiger partial charge is 0.0377 e. The van der Waals surface area contributed by atoms with Gasteiger partial charge in [-0.3, -0.25) is 4.90 Å². The maximum atomic E-state index is 3.42. The summed E-state index contributed by atoms with van der Waals surface area (Å²) in [6, 6.07) is 1.50. The van der Waals surface area contributed by atoms with E-state index in [4.69, 9.17) is 0 Å². The molecule has 0 aromatic rings. The van der Waals surface area contributed by atoms with Crippen molar-refractivity contribution in [3.63, 3.8) is 0 Å². The van der Waals surface area contributed by atoms with Crippen LogP contribution in [0.5, 0.6) is 0 Å². The molecule has 0 saturated carbocycles. The predicted octanol–water partition coefficient (Wildman–Crippen LogP) is -0.406. The highest BCUT2D eigenvalue weighted by atomic mass is 15.3. The van der Waals surface area contributed by atoms with Crippen LogP contribution in [0, 0.1) is 0 Å². The van der Waals surface area contributed by atoms with Crippen molar-refractivity contribution in [2.24, 2.45) is 0 Å². The Hall–Kier alpha value is -0.120. The fraction of sp³-hybridized carbons (Fsp3) is 1.00. The predicted molar refractivity (Wildman–Crippen MR) is 50.3 cm³/mol. The van der Waals surface area contributed by atoms with E-state index in [1.165, 1.54) is 32.6 Å². The van der Waals surface area contributed by atoms with E-state index >= 15 is 0 Å². The van der Waals surface area contributed by atoms with Crippen molar-refractivity contribution in [1.82, 2.24) is 15.1 Å². The Balaban J connectivity index is 2.00. The first-order chi connectivity index (χ1) is 5.81. The Morgan fingerprint density at radius 2 is 2.08 bits per heavy atom. The number of fused-ring (bicyclic) bond motifs is 1. The van der Waals surface area contributed by atoms with Crippen LogP contribution in [0.1, 0.15) is 6.42 Å². The Labute approximate surface area is 74.7 Å². The lowest BCUT2D eigenvalue weighted by Crippen LogP contribution is -2.54. The minimum atomic E-state index is 0.729. The quantitative estimate of drug-likeness (QED) is 0.576. The molecule has 2 fully saturated rings. The van der Waals surface area contributed by atoms with Crippen molar-refractivity contribution in [2.45, 2.75) is 18.5 Å². The lowest BCUT2D eigenvalue weighted by molar-refractivity contribution is 0.114. The summed E-state index contributed by atoms with van der Waals surface area (Å²) < 4.78 is 0. The molecule has 70 valence electrons. The minimum Gasteiger partial charge on any atom is -0.315 e. The average molecular weight is 169 g/mol. The van der Waals surface area contributed by atoms with Gasteiger partial charge in [0.2, 0.25) is 0 Å². The molecule has 12 heavy (non-hydrogen) atoms. The zero-order chi connectivity index (χ0) is 8.55. The second-order valence-corrected chi connectivity index (χ2v) is 4.05. The molecule has 2 rings (SSSR count). The lowest BCUT2D eigenvalue weighted by atomic mass is 10.1. The lowest BCUT2D eigenvalue weighted by Gasteiger charge is -2.37. The molecule has 2 aliphatic heterocycles. The summed E-state index contributed by atoms with van der Waals surface area (Å²) in [5.74, 6) is 0. The SMILES string of the molecule is CNC1CCN2CCN(C)CC12. The van der Waals surface area contributed by atoms with Crippen molar-refractivity contribution in [3.8, 4) is 0 Å². The molecule has 2 atom stereocenters. The number of hydrogen-bond donors (Lipinski definition) is 1. The van der Waals surface area contributed by atoms with Gasteiger partial charge in [0.05, 0.1) is 0 Å². The van der Waals surface area contributed by atoms with E-state index in [1.54, 1.807) is 0 Å². The number of hydrogen-bond acceptors (Lipinski definition) is 3. The number of nitrogens with zero attached hydrogens (tertiary/aromatic N) is 2. The van der Waals surface area contributed by atoms with Gasteiger partial charge >= 0.3 is 0 Å². The molecule has 2 aliphatic rings. The fourth-order valence-electron chi connectivity index (χ4n) is 2.48. The number of rotatable bonds is 1. The normalized spacial score (nSPS) is 38.5. The highest BCUT2D eigenvalue weighted by Gasteiger charge is 2.35. The molecule has 2 saturated heterocycles. The van der Waals surface area contributed by atoms with E-state index in [0.29, 0.717) is 0 Å². The third-order valence-electron chi connectivity index (χ3n) is 3.30. The van der Waals surface area contributed by atoms with Crippen LogP contribution in [0.2, 0.25) is 0 Å². The Morgan fingerprint density at radius 3 is 2.83 bits per heavy atom. The van der Waals surface area contributed by atoms with E-state index in [9.17, 15) is 0 Å². The van der Waals surface area contributed by atoms with Crippen LogP contribution >= 0.6 is 0 Å². The molecule has 2 unspecified atom stereocenters. The van der Waals surface area contributed by atoms with Crippen LogP contribution < -0.4 is 5.32 Å². The van der Waals surface area contributed by atoms with Crippen molar-refractivity contribution >= 4 is 0 Å². The first-order valence-corrected chi connectivity index (χ1v) is 4.91. The minimum absolute atomic E-state index is 0.729. The van der Waals surface area contributed by atoms with Gasteiger partial charge in [-0.2, -0.15) is 0 Å². The maximum absolute atomic E-state index is 3.42. The van der Waals surface area contributed by atoms with Gasteiger partial charge in [0.15, 0.2) is 0 Å². The standard InChI is InChI=1S/C9H19N3/c1-10-8-3-4-12-6-5-11(2)7-9(8)12/h8-10H,3-7H2,1-2H3. The molecule has 0 bridgehead atoms. The summed E-state index contributed by atoms with van der Waals surface area (Å²) >= 11 is 0. The largest absolute Gasteiger partial charge is 0.315 e. The van der Waals surface area contributed by atoms with Crippen LogP contribution in [0.3, 0.4) is 0 Å². The highest BCUT2D eigenvalue weighted by molar-refractivity contribution is 4.95. The number of nitrogens with one attached hydrogen (secondary N) is 1. The molecule has 0 amide bonds. The molecule has 0 radical (unpaired) electrons. The topological polar surface area (TPSA) is 18.5 Å². The fourth-order valence-corrected chi connectivity index (χ4v) is 2.48. The summed E-state index contributed by atoms with van der Waals surface area (Å²) in [7, 11) is 4.31. The highest BCUT2D eigenvalue weighted by Crippen LogP contribution is 2.21. The monoisotopic (exact) mass is 169 g/mol. The molecule has 1 N–H and O–H groups in total. The van der Waals surface area contributed by atoms with Gasteiger partial charge in [-0.25, -0.2) is 0 Å². The molecule has 0 aliphatic carbocycles. The van der Waals surface area contributed by atoms with Crippen LogP contribution in [0.15, 0.2) is 0 Å². The van der Waals surface area contributed by atoms with E-state index in [0.717, 1.165) is 12.1 Å². The van der Waals surface area contributed by atoms with Gasteiger partial charge in [-0.05, 0) is 20.5 Å². The second kappa shape index (κ2) is 3.32. The van der Waals surface area contributed by atoms with Gasteiger partial charge in [0.25, 0.3) is 0 Å². The average Bonchev–Trinajstić information content (AvgIpc) is 2.46. The summed E-state index contributed by atoms with van der Waals surface area (Å²) in [4.78, 5) is 5.07. The summed E-state index contributed by atoms with van der Waals surface area (Å²) in [5, 5.41) is 3.42. The van der Waals surface area contributed by atoms with Crippen molar-refractivity contribution in [1.29, 1.82) is 0 Å². The molecule has 0 spiro atoms. The molecule has 3 heteroatoms. The first kappa shape index (κ1) is 8.48. The van der Waals surface area contributed by atoms with E-state index in [-0.39, 0.29) is 0 Å². The third kappa shape index (κ3) is 1.37. The molecule has 0 aromatic heterocycles. The van der Waals surface area contributed by atoms with E-state index in [1.807, 2.05) is 0 Å². The molecular weight excluding hydrogens is 150 g/mol. The van der Waals surface area contributed by atoms with E-state index < -0.39 is 0 Å². The summed E-state index contributed by atoms with van der Waals surface area (Å²) in [6.07, 6.45) is 1.33. The van der Waals surface area contributed by atoms with Crippen LogP contribution in [0.25, 0.3) is 0 Å². The Bertz CT molecular complexity index is 154. The molecule has 0 aromatic carbocycles. The van der Waals surface area contributed by atoms with Gasteiger partial charge in [0.1, 0.15) is 0 Å². The third-order valence-corrected chi connectivity index (χ3v) is 3.30. The van der Waals surface area contributed by atoms with Gasteiger partial charge < -0.3 is 10.2 Å². The van der Waals surface area contributed by atoms with Crippen molar-refractivity contribution in [2.75, 3.05) is 40.3 Å². The zero-order valence-electron chi connectivity index (χ0n) is 8.08. The van der Waals surface area contributed by atoms with Gasteiger partial charge in [0, 0.05) is 38.3 Å². The number of likely N-dealkylation sites (N-methyl/N-ethyl adjacent to an activating group) is 2. The Kier molecular flexibility index (Phi) is 2.35. The molecule has 2 heterocycles. The summed E-state index contributed by atoms with van der Waals surface area (Å²) in [5.41, 5.74) is 0.